The lowest BCUT2D eigenvalue weighted by atomic mass is 10.2. The van der Waals surface area contributed by atoms with E-state index in [0.717, 1.165) is 5.56 Å². The van der Waals surface area contributed by atoms with Gasteiger partial charge in [-0.1, -0.05) is 11.6 Å². The van der Waals surface area contributed by atoms with E-state index >= 15 is 0 Å². The van der Waals surface area contributed by atoms with E-state index in [0.29, 0.717) is 16.6 Å². The van der Waals surface area contributed by atoms with Gasteiger partial charge in [0.05, 0.1) is 6.20 Å². The van der Waals surface area contributed by atoms with Crippen LogP contribution in [0.25, 0.3) is 0 Å². The van der Waals surface area contributed by atoms with Gasteiger partial charge in [-0.25, -0.2) is 9.48 Å². The summed E-state index contributed by atoms with van der Waals surface area (Å²) in [5.74, 6) is -0.00646. The number of carbonyl (C=O) groups is 2. The Labute approximate surface area is 157 Å². The van der Waals surface area contributed by atoms with Crippen LogP contribution in [0.1, 0.15) is 32.4 Å². The Kier molecular flexibility index (Phi) is 6.63. The van der Waals surface area contributed by atoms with E-state index < -0.39 is 18.0 Å². The second kappa shape index (κ2) is 8.71. The molecule has 1 aromatic heterocycles. The van der Waals surface area contributed by atoms with Crippen LogP contribution in [0, 0.1) is 6.92 Å². The first kappa shape index (κ1) is 19.8. The van der Waals surface area contributed by atoms with Crippen LogP contribution in [0.2, 0.25) is 5.02 Å². The Morgan fingerprint density at radius 2 is 2.00 bits per heavy atom. The molecule has 1 atom stereocenters. The van der Waals surface area contributed by atoms with Crippen molar-refractivity contribution in [2.45, 2.75) is 39.8 Å². The molecule has 26 heavy (non-hydrogen) atoms. The third kappa shape index (κ3) is 5.23. The predicted molar refractivity (Wildman–Crippen MR) is 98.5 cm³/mol. The van der Waals surface area contributed by atoms with Crippen molar-refractivity contribution in [3.8, 4) is 5.75 Å². The first-order valence-corrected chi connectivity index (χ1v) is 8.58. The van der Waals surface area contributed by atoms with Crippen molar-refractivity contribution in [1.82, 2.24) is 9.78 Å². The summed E-state index contributed by atoms with van der Waals surface area (Å²) in [4.78, 5) is 24.1. The third-order valence-electron chi connectivity index (χ3n) is 3.57. The molecule has 0 saturated carbocycles. The molecular formula is C18H22ClN3O4. The Hall–Kier alpha value is -2.54. The second-order valence-electron chi connectivity index (χ2n) is 6.07. The molecule has 0 unspecified atom stereocenters. The molecule has 0 radical (unpaired) electrons. The van der Waals surface area contributed by atoms with Gasteiger partial charge in [-0.15, -0.1) is 0 Å². The molecule has 8 heteroatoms. The fourth-order valence-electron chi connectivity index (χ4n) is 2.25. The van der Waals surface area contributed by atoms with E-state index in [-0.39, 0.29) is 12.6 Å². The number of hydrogen-bond donors (Lipinski definition) is 1. The number of nitrogens with zero attached hydrogens (tertiary/aromatic N) is 2. The number of anilines is 1. The summed E-state index contributed by atoms with van der Waals surface area (Å²) >= 11 is 5.87. The molecule has 0 saturated heterocycles. The van der Waals surface area contributed by atoms with Gasteiger partial charge in [-0.2, -0.15) is 5.10 Å². The number of aromatic nitrogens is 2. The highest BCUT2D eigenvalue weighted by Gasteiger charge is 2.20. The van der Waals surface area contributed by atoms with Crippen LogP contribution in [-0.2, 0) is 14.3 Å². The first-order chi connectivity index (χ1) is 12.3. The quantitative estimate of drug-likeness (QED) is 0.746. The largest absolute Gasteiger partial charge is 0.482 e. The number of amides is 1. The molecule has 0 aliphatic carbocycles. The summed E-state index contributed by atoms with van der Waals surface area (Å²) in [7, 11) is 0. The molecule has 1 amide bonds. The van der Waals surface area contributed by atoms with Crippen LogP contribution < -0.4 is 10.1 Å². The third-order valence-corrected chi connectivity index (χ3v) is 3.81. The maximum atomic E-state index is 12.2. The molecule has 0 bridgehead atoms. The summed E-state index contributed by atoms with van der Waals surface area (Å²) in [6, 6.07) is 6.85. The van der Waals surface area contributed by atoms with E-state index in [1.165, 1.54) is 6.92 Å². The molecule has 140 valence electrons. The van der Waals surface area contributed by atoms with Gasteiger partial charge in [0, 0.05) is 17.1 Å². The van der Waals surface area contributed by atoms with Crippen molar-refractivity contribution in [2.75, 3.05) is 11.9 Å². The van der Waals surface area contributed by atoms with Crippen molar-refractivity contribution in [2.24, 2.45) is 0 Å². The van der Waals surface area contributed by atoms with E-state index in [9.17, 15) is 9.59 Å². The first-order valence-electron chi connectivity index (χ1n) is 8.20. The van der Waals surface area contributed by atoms with Gasteiger partial charge in [-0.3, -0.25) is 4.79 Å². The topological polar surface area (TPSA) is 82.4 Å². The molecule has 1 heterocycles. The Morgan fingerprint density at radius 1 is 1.27 bits per heavy atom. The highest BCUT2D eigenvalue weighted by atomic mass is 35.5. The van der Waals surface area contributed by atoms with E-state index in [4.69, 9.17) is 21.1 Å². The molecular weight excluding hydrogens is 358 g/mol. The van der Waals surface area contributed by atoms with Gasteiger partial charge in [0.25, 0.3) is 5.91 Å². The number of carbonyl (C=O) groups excluding carboxylic acids is 2. The Morgan fingerprint density at radius 3 is 2.65 bits per heavy atom. The molecule has 0 aliphatic heterocycles. The van der Waals surface area contributed by atoms with Gasteiger partial charge in [0.15, 0.2) is 12.7 Å². The lowest BCUT2D eigenvalue weighted by Gasteiger charge is -2.16. The van der Waals surface area contributed by atoms with Crippen LogP contribution in [-0.4, -0.2) is 34.4 Å². The summed E-state index contributed by atoms with van der Waals surface area (Å²) in [5, 5.41) is 7.41. The molecule has 1 aromatic carbocycles. The van der Waals surface area contributed by atoms with Crippen LogP contribution in [0.3, 0.4) is 0 Å². The number of esters is 1. The number of halogens is 1. The van der Waals surface area contributed by atoms with Gasteiger partial charge in [0.1, 0.15) is 11.6 Å². The summed E-state index contributed by atoms with van der Waals surface area (Å²) < 4.78 is 12.2. The van der Waals surface area contributed by atoms with Crippen LogP contribution in [0.4, 0.5) is 5.82 Å². The predicted octanol–water partition coefficient (Wildman–Crippen LogP) is 3.38. The highest BCUT2D eigenvalue weighted by Crippen LogP contribution is 2.21. The molecule has 2 aromatic rings. The minimum Gasteiger partial charge on any atom is -0.482 e. The van der Waals surface area contributed by atoms with Crippen molar-refractivity contribution in [3.63, 3.8) is 0 Å². The minimum atomic E-state index is -0.965. The molecule has 0 aliphatic rings. The molecule has 0 fully saturated rings. The SMILES string of the molecule is Cc1cc(Cl)ccc1OCC(=O)O[C@H](C)C(=O)Nc1ccnn1C(C)C. The van der Waals surface area contributed by atoms with E-state index in [1.54, 1.807) is 35.1 Å². The summed E-state index contributed by atoms with van der Waals surface area (Å²) in [6.45, 7) is 6.91. The van der Waals surface area contributed by atoms with Gasteiger partial charge in [-0.05, 0) is 51.5 Å². The number of aryl methyl sites for hydroxylation is 1. The van der Waals surface area contributed by atoms with Crippen molar-refractivity contribution < 1.29 is 19.1 Å². The van der Waals surface area contributed by atoms with Gasteiger partial charge < -0.3 is 14.8 Å². The Bertz CT molecular complexity index is 788. The van der Waals surface area contributed by atoms with Gasteiger partial charge in [0.2, 0.25) is 0 Å². The second-order valence-corrected chi connectivity index (χ2v) is 6.51. The van der Waals surface area contributed by atoms with Crippen LogP contribution in [0.5, 0.6) is 5.75 Å². The van der Waals surface area contributed by atoms with Crippen molar-refractivity contribution >= 4 is 29.3 Å². The molecule has 0 spiro atoms. The number of rotatable bonds is 7. The van der Waals surface area contributed by atoms with Crippen LogP contribution >= 0.6 is 11.6 Å². The zero-order valence-corrected chi connectivity index (χ0v) is 15.9. The minimum absolute atomic E-state index is 0.0918. The van der Waals surface area contributed by atoms with Crippen molar-refractivity contribution in [1.29, 1.82) is 0 Å². The maximum absolute atomic E-state index is 12.2. The van der Waals surface area contributed by atoms with Gasteiger partial charge >= 0.3 is 5.97 Å². The lowest BCUT2D eigenvalue weighted by Crippen LogP contribution is -2.32. The average molecular weight is 380 g/mol. The van der Waals surface area contributed by atoms with E-state index in [2.05, 4.69) is 10.4 Å². The molecule has 2 rings (SSSR count). The average Bonchev–Trinajstić information content (AvgIpc) is 3.02. The number of nitrogens with one attached hydrogen (secondary N) is 1. The van der Waals surface area contributed by atoms with E-state index in [1.807, 2.05) is 20.8 Å². The van der Waals surface area contributed by atoms with Crippen molar-refractivity contribution in [3.05, 3.63) is 41.0 Å². The highest BCUT2D eigenvalue weighted by molar-refractivity contribution is 6.30. The zero-order chi connectivity index (χ0) is 19.3. The fourth-order valence-corrected chi connectivity index (χ4v) is 2.48. The standard InChI is InChI=1S/C18H22ClN3O4/c1-11(2)22-16(7-8-20-22)21-18(24)13(4)26-17(23)10-25-15-6-5-14(19)9-12(15)3/h5-9,11,13H,10H2,1-4H3,(H,21,24)/t13-/m1/s1. The Balaban J connectivity index is 1.86. The fraction of sp³-hybridized carbons (Fsp3) is 0.389. The summed E-state index contributed by atoms with van der Waals surface area (Å²) in [5.41, 5.74) is 0.804. The monoisotopic (exact) mass is 379 g/mol. The number of benzene rings is 1. The van der Waals surface area contributed by atoms with Crippen LogP contribution in [0.15, 0.2) is 30.5 Å². The smallest absolute Gasteiger partial charge is 0.344 e. The molecule has 1 N–H and O–H groups in total. The number of ether oxygens (including phenoxy) is 2. The maximum Gasteiger partial charge on any atom is 0.344 e. The molecule has 7 nitrogen and oxygen atoms in total. The number of hydrogen-bond acceptors (Lipinski definition) is 5. The summed E-state index contributed by atoms with van der Waals surface area (Å²) in [6.07, 6.45) is 0.627. The lowest BCUT2D eigenvalue weighted by molar-refractivity contribution is -0.155. The zero-order valence-electron chi connectivity index (χ0n) is 15.2. The normalized spacial score (nSPS) is 11.9.